The van der Waals surface area contributed by atoms with Crippen LogP contribution in [0.4, 0.5) is 5.13 Å². The fraction of sp³-hybridized carbons (Fsp3) is 0.105. The Labute approximate surface area is 168 Å². The summed E-state index contributed by atoms with van der Waals surface area (Å²) in [4.78, 5) is 28.8. The van der Waals surface area contributed by atoms with Crippen LogP contribution in [0, 0.1) is 3.57 Å². The van der Waals surface area contributed by atoms with Gasteiger partial charge < -0.3 is 4.74 Å². The van der Waals surface area contributed by atoms with Crippen LogP contribution < -0.4 is 5.32 Å². The van der Waals surface area contributed by atoms with Crippen LogP contribution >= 0.6 is 33.9 Å². The van der Waals surface area contributed by atoms with Gasteiger partial charge in [0.15, 0.2) is 11.2 Å². The van der Waals surface area contributed by atoms with Crippen molar-refractivity contribution in [2.45, 2.75) is 13.0 Å². The summed E-state index contributed by atoms with van der Waals surface area (Å²) in [5.74, 6) is -0.951. The van der Waals surface area contributed by atoms with Gasteiger partial charge >= 0.3 is 5.97 Å². The number of carbonyl (C=O) groups excluding carboxylic acids is 2. The van der Waals surface area contributed by atoms with Gasteiger partial charge in [-0.2, -0.15) is 0 Å². The highest BCUT2D eigenvalue weighted by Gasteiger charge is 2.20. The summed E-state index contributed by atoms with van der Waals surface area (Å²) >= 11 is 3.44. The number of esters is 1. The fourth-order valence-electron chi connectivity index (χ4n) is 2.18. The molecule has 0 unspecified atom stereocenters. The lowest BCUT2D eigenvalue weighted by Crippen LogP contribution is -2.30. The van der Waals surface area contributed by atoms with Gasteiger partial charge in [-0.1, -0.05) is 36.4 Å². The van der Waals surface area contributed by atoms with Gasteiger partial charge in [0.1, 0.15) is 0 Å². The average Bonchev–Trinajstić information content (AvgIpc) is 3.11. The SMILES string of the molecule is C[C@@H](OC(=O)c1cccc(I)c1)C(=O)Nc1nc(-c2ccccc2)cs1. The normalized spacial score (nSPS) is 11.6. The van der Waals surface area contributed by atoms with E-state index in [9.17, 15) is 9.59 Å². The Kier molecular flexibility index (Phi) is 6.00. The van der Waals surface area contributed by atoms with Crippen molar-refractivity contribution in [3.05, 3.63) is 69.1 Å². The smallest absolute Gasteiger partial charge is 0.338 e. The summed E-state index contributed by atoms with van der Waals surface area (Å²) in [6.07, 6.45) is -0.926. The monoisotopic (exact) mass is 478 g/mol. The van der Waals surface area contributed by atoms with Crippen LogP contribution in [0.15, 0.2) is 60.0 Å². The molecule has 1 N–H and O–H groups in total. The molecule has 1 atom stereocenters. The largest absolute Gasteiger partial charge is 0.449 e. The number of ether oxygens (including phenoxy) is 1. The highest BCUT2D eigenvalue weighted by atomic mass is 127. The number of amides is 1. The number of aromatic nitrogens is 1. The third kappa shape index (κ3) is 4.67. The zero-order valence-corrected chi connectivity index (χ0v) is 16.8. The summed E-state index contributed by atoms with van der Waals surface area (Å²) in [5, 5.41) is 5.02. The molecule has 7 heteroatoms. The van der Waals surface area contributed by atoms with Crippen LogP contribution in [-0.2, 0) is 9.53 Å². The number of halogens is 1. The first-order valence-electron chi connectivity index (χ1n) is 7.81. The van der Waals surface area contributed by atoms with Gasteiger partial charge in [-0.05, 0) is 47.7 Å². The first-order valence-corrected chi connectivity index (χ1v) is 9.77. The third-order valence-electron chi connectivity index (χ3n) is 3.52. The second-order valence-electron chi connectivity index (χ2n) is 5.45. The minimum atomic E-state index is -0.926. The van der Waals surface area contributed by atoms with Crippen molar-refractivity contribution in [2.75, 3.05) is 5.32 Å². The Balaban J connectivity index is 1.61. The van der Waals surface area contributed by atoms with E-state index < -0.39 is 18.0 Å². The second-order valence-corrected chi connectivity index (χ2v) is 7.55. The molecule has 0 fully saturated rings. The molecule has 132 valence electrons. The molecule has 26 heavy (non-hydrogen) atoms. The summed E-state index contributed by atoms with van der Waals surface area (Å²) < 4.78 is 6.16. The summed E-state index contributed by atoms with van der Waals surface area (Å²) in [5.41, 5.74) is 2.17. The highest BCUT2D eigenvalue weighted by molar-refractivity contribution is 14.1. The minimum absolute atomic E-state index is 0.414. The van der Waals surface area contributed by atoms with E-state index in [1.54, 1.807) is 18.2 Å². The van der Waals surface area contributed by atoms with Crippen molar-refractivity contribution in [3.63, 3.8) is 0 Å². The lowest BCUT2D eigenvalue weighted by molar-refractivity contribution is -0.123. The topological polar surface area (TPSA) is 68.3 Å². The fourth-order valence-corrected chi connectivity index (χ4v) is 3.44. The maximum atomic E-state index is 12.3. The molecule has 0 aliphatic rings. The number of anilines is 1. The van der Waals surface area contributed by atoms with Crippen molar-refractivity contribution in [1.29, 1.82) is 0 Å². The number of benzene rings is 2. The van der Waals surface area contributed by atoms with Crippen molar-refractivity contribution < 1.29 is 14.3 Å². The zero-order chi connectivity index (χ0) is 18.5. The number of nitrogens with zero attached hydrogens (tertiary/aromatic N) is 1. The highest BCUT2D eigenvalue weighted by Crippen LogP contribution is 2.24. The predicted octanol–water partition coefficient (Wildman–Crippen LogP) is 4.60. The summed E-state index contributed by atoms with van der Waals surface area (Å²) in [6, 6.07) is 16.7. The molecule has 0 aliphatic heterocycles. The van der Waals surface area contributed by atoms with Crippen LogP contribution in [0.1, 0.15) is 17.3 Å². The number of carbonyl (C=O) groups is 2. The van der Waals surface area contributed by atoms with E-state index in [0.29, 0.717) is 10.7 Å². The summed E-state index contributed by atoms with van der Waals surface area (Å²) in [7, 11) is 0. The van der Waals surface area contributed by atoms with E-state index in [4.69, 9.17) is 4.74 Å². The molecule has 3 aromatic rings. The Bertz CT molecular complexity index is 927. The van der Waals surface area contributed by atoms with Gasteiger partial charge in [0.2, 0.25) is 0 Å². The van der Waals surface area contributed by atoms with Crippen LogP contribution in [0.5, 0.6) is 0 Å². The second kappa shape index (κ2) is 8.41. The quantitative estimate of drug-likeness (QED) is 0.430. The number of nitrogens with one attached hydrogen (secondary N) is 1. The Morgan fingerprint density at radius 1 is 1.15 bits per heavy atom. The molecule has 0 aliphatic carbocycles. The molecule has 1 aromatic heterocycles. The van der Waals surface area contributed by atoms with E-state index in [1.165, 1.54) is 18.3 Å². The molecule has 0 bridgehead atoms. The molecule has 3 rings (SSSR count). The third-order valence-corrected chi connectivity index (χ3v) is 4.95. The average molecular weight is 478 g/mol. The van der Waals surface area contributed by atoms with Gasteiger partial charge in [-0.3, -0.25) is 10.1 Å². The minimum Gasteiger partial charge on any atom is -0.449 e. The Morgan fingerprint density at radius 2 is 1.92 bits per heavy atom. The van der Waals surface area contributed by atoms with Crippen molar-refractivity contribution in [3.8, 4) is 11.3 Å². The molecular weight excluding hydrogens is 463 g/mol. The van der Waals surface area contributed by atoms with Gasteiger partial charge in [0.05, 0.1) is 11.3 Å². The molecule has 5 nitrogen and oxygen atoms in total. The number of rotatable bonds is 5. The van der Waals surface area contributed by atoms with Crippen molar-refractivity contribution in [1.82, 2.24) is 4.98 Å². The van der Waals surface area contributed by atoms with Crippen LogP contribution in [0.2, 0.25) is 0 Å². The van der Waals surface area contributed by atoms with Crippen LogP contribution in [0.25, 0.3) is 11.3 Å². The Hall–Kier alpha value is -2.26. The van der Waals surface area contributed by atoms with E-state index in [0.717, 1.165) is 14.8 Å². The van der Waals surface area contributed by atoms with E-state index in [-0.39, 0.29) is 0 Å². The molecule has 0 saturated heterocycles. The first kappa shape index (κ1) is 18.5. The van der Waals surface area contributed by atoms with E-state index in [2.05, 4.69) is 32.9 Å². The van der Waals surface area contributed by atoms with E-state index >= 15 is 0 Å². The van der Waals surface area contributed by atoms with Gasteiger partial charge in [-0.15, -0.1) is 11.3 Å². The van der Waals surface area contributed by atoms with Crippen molar-refractivity contribution in [2.24, 2.45) is 0 Å². The maximum absolute atomic E-state index is 12.3. The van der Waals surface area contributed by atoms with Gasteiger partial charge in [0, 0.05) is 14.5 Å². The van der Waals surface area contributed by atoms with Crippen molar-refractivity contribution >= 4 is 50.9 Å². The molecule has 0 spiro atoms. The molecule has 0 radical (unpaired) electrons. The van der Waals surface area contributed by atoms with Crippen LogP contribution in [-0.4, -0.2) is 23.0 Å². The number of hydrogen-bond donors (Lipinski definition) is 1. The molecule has 0 saturated carbocycles. The zero-order valence-electron chi connectivity index (χ0n) is 13.8. The standard InChI is InChI=1S/C19H15IN2O3S/c1-12(25-18(24)14-8-5-9-15(20)10-14)17(23)22-19-21-16(11-26-19)13-6-3-2-4-7-13/h2-12H,1H3,(H,21,22,23)/t12-/m1/s1. The molecule has 1 amide bonds. The lowest BCUT2D eigenvalue weighted by Gasteiger charge is -2.12. The maximum Gasteiger partial charge on any atom is 0.338 e. The lowest BCUT2D eigenvalue weighted by atomic mass is 10.2. The Morgan fingerprint density at radius 3 is 2.65 bits per heavy atom. The predicted molar refractivity (Wildman–Crippen MR) is 110 cm³/mol. The molecular formula is C19H15IN2O3S. The number of hydrogen-bond acceptors (Lipinski definition) is 5. The molecule has 1 heterocycles. The van der Waals surface area contributed by atoms with Gasteiger partial charge in [-0.25, -0.2) is 9.78 Å². The number of thiazole rings is 1. The van der Waals surface area contributed by atoms with Crippen LogP contribution in [0.3, 0.4) is 0 Å². The van der Waals surface area contributed by atoms with E-state index in [1.807, 2.05) is 41.8 Å². The molecule has 2 aromatic carbocycles. The first-order chi connectivity index (χ1) is 12.5. The van der Waals surface area contributed by atoms with Gasteiger partial charge in [0.25, 0.3) is 5.91 Å². The summed E-state index contributed by atoms with van der Waals surface area (Å²) in [6.45, 7) is 1.53.